The number of anilines is 1. The van der Waals surface area contributed by atoms with E-state index in [2.05, 4.69) is 38.7 Å². The number of carbonyl (C=O) groups is 1. The minimum Gasteiger partial charge on any atom is -0.370 e. The number of nitriles is 1. The molecule has 0 N–H and O–H groups in total. The first-order valence-corrected chi connectivity index (χ1v) is 6.72. The van der Waals surface area contributed by atoms with E-state index in [4.69, 9.17) is 0 Å². The average Bonchev–Trinajstić information content (AvgIpc) is 2.36. The van der Waals surface area contributed by atoms with Crippen LogP contribution in [-0.2, 0) is 0 Å². The molecule has 0 saturated heterocycles. The lowest BCUT2D eigenvalue weighted by atomic mass is 10.1. The van der Waals surface area contributed by atoms with Crippen LogP contribution in [0.5, 0.6) is 0 Å². The number of hydrogen-bond acceptors (Lipinski definition) is 3. The zero-order chi connectivity index (χ0) is 14.4. The van der Waals surface area contributed by atoms with Gasteiger partial charge in [-0.3, -0.25) is 4.79 Å². The number of benzene rings is 1. The highest BCUT2D eigenvalue weighted by Crippen LogP contribution is 2.23. The molecule has 0 amide bonds. The summed E-state index contributed by atoms with van der Waals surface area (Å²) in [5.74, 6) is 1.05. The largest absolute Gasteiger partial charge is 0.370 e. The Labute approximate surface area is 115 Å². The Balaban J connectivity index is 3.14. The molecular formula is C16H22N2O. The Morgan fingerprint density at radius 2 is 1.79 bits per heavy atom. The van der Waals surface area contributed by atoms with Gasteiger partial charge < -0.3 is 4.90 Å². The van der Waals surface area contributed by atoms with Gasteiger partial charge in [0.2, 0.25) is 0 Å². The highest BCUT2D eigenvalue weighted by Gasteiger charge is 2.14. The molecule has 0 aromatic heterocycles. The fourth-order valence-corrected chi connectivity index (χ4v) is 2.15. The van der Waals surface area contributed by atoms with Gasteiger partial charge in [-0.05, 0) is 30.0 Å². The van der Waals surface area contributed by atoms with Crippen LogP contribution in [0.25, 0.3) is 0 Å². The summed E-state index contributed by atoms with van der Waals surface area (Å²) in [5.41, 5.74) is 2.05. The third-order valence-corrected chi connectivity index (χ3v) is 2.79. The van der Waals surface area contributed by atoms with Gasteiger partial charge in [-0.15, -0.1) is 0 Å². The third kappa shape index (κ3) is 4.40. The second-order valence-corrected chi connectivity index (χ2v) is 5.70. The van der Waals surface area contributed by atoms with Crippen LogP contribution in [0.1, 0.15) is 43.6 Å². The Bertz CT molecular complexity index is 462. The fourth-order valence-electron chi connectivity index (χ4n) is 2.15. The van der Waals surface area contributed by atoms with Crippen molar-refractivity contribution in [1.29, 1.82) is 5.26 Å². The predicted molar refractivity (Wildman–Crippen MR) is 78.4 cm³/mol. The Kier molecular flexibility index (Phi) is 5.57. The minimum absolute atomic E-state index is 0.524. The molecule has 3 heteroatoms. The second-order valence-electron chi connectivity index (χ2n) is 5.70. The highest BCUT2D eigenvalue weighted by atomic mass is 16.1. The van der Waals surface area contributed by atoms with Crippen LogP contribution in [0.2, 0.25) is 0 Å². The van der Waals surface area contributed by atoms with Crippen LogP contribution in [0.4, 0.5) is 5.69 Å². The van der Waals surface area contributed by atoms with E-state index >= 15 is 0 Å². The van der Waals surface area contributed by atoms with Crippen LogP contribution in [0.3, 0.4) is 0 Å². The molecule has 0 spiro atoms. The topological polar surface area (TPSA) is 44.1 Å². The van der Waals surface area contributed by atoms with E-state index in [1.165, 1.54) is 0 Å². The van der Waals surface area contributed by atoms with Crippen molar-refractivity contribution < 1.29 is 4.79 Å². The zero-order valence-electron chi connectivity index (χ0n) is 12.2. The van der Waals surface area contributed by atoms with Crippen molar-refractivity contribution in [2.45, 2.75) is 27.7 Å². The first kappa shape index (κ1) is 15.2. The van der Waals surface area contributed by atoms with Crippen LogP contribution < -0.4 is 4.90 Å². The summed E-state index contributed by atoms with van der Waals surface area (Å²) in [6.07, 6.45) is 0.778. The smallest absolute Gasteiger partial charge is 0.150 e. The van der Waals surface area contributed by atoms with Gasteiger partial charge in [0.1, 0.15) is 12.4 Å². The standard InChI is InChI=1S/C16H22N2O/c1-12(2)9-18(10-13(3)4)16-6-5-14(11-19)7-15(16)8-17/h5-7,11-13H,9-10H2,1-4H3. The van der Waals surface area contributed by atoms with E-state index in [-0.39, 0.29) is 0 Å². The Morgan fingerprint density at radius 3 is 2.21 bits per heavy atom. The summed E-state index contributed by atoms with van der Waals surface area (Å²) in [6.45, 7) is 10.5. The van der Waals surface area contributed by atoms with Gasteiger partial charge in [0.25, 0.3) is 0 Å². The summed E-state index contributed by atoms with van der Waals surface area (Å²) < 4.78 is 0. The molecule has 19 heavy (non-hydrogen) atoms. The van der Waals surface area contributed by atoms with E-state index in [1.807, 2.05) is 6.07 Å². The molecule has 1 aromatic rings. The molecule has 0 bridgehead atoms. The lowest BCUT2D eigenvalue weighted by Gasteiger charge is -2.29. The van der Waals surface area contributed by atoms with E-state index < -0.39 is 0 Å². The molecule has 0 heterocycles. The minimum atomic E-state index is 0.524. The van der Waals surface area contributed by atoms with Crippen LogP contribution in [-0.4, -0.2) is 19.4 Å². The molecular weight excluding hydrogens is 236 g/mol. The molecule has 0 radical (unpaired) electrons. The van der Waals surface area contributed by atoms with E-state index in [0.717, 1.165) is 25.1 Å². The van der Waals surface area contributed by atoms with Crippen molar-refractivity contribution >= 4 is 12.0 Å². The van der Waals surface area contributed by atoms with Gasteiger partial charge in [0.15, 0.2) is 0 Å². The highest BCUT2D eigenvalue weighted by molar-refractivity contribution is 5.78. The summed E-state index contributed by atoms with van der Waals surface area (Å²) >= 11 is 0. The molecule has 0 unspecified atom stereocenters. The zero-order valence-corrected chi connectivity index (χ0v) is 12.2. The van der Waals surface area contributed by atoms with E-state index in [1.54, 1.807) is 12.1 Å². The van der Waals surface area contributed by atoms with Crippen molar-refractivity contribution in [3.63, 3.8) is 0 Å². The van der Waals surface area contributed by atoms with Crippen molar-refractivity contribution in [3.05, 3.63) is 29.3 Å². The summed E-state index contributed by atoms with van der Waals surface area (Å²) in [7, 11) is 0. The lowest BCUT2D eigenvalue weighted by Crippen LogP contribution is -2.31. The van der Waals surface area contributed by atoms with Crippen molar-refractivity contribution in [2.24, 2.45) is 11.8 Å². The number of rotatable bonds is 6. The lowest BCUT2D eigenvalue weighted by molar-refractivity contribution is 0.112. The summed E-state index contributed by atoms with van der Waals surface area (Å²) in [5, 5.41) is 9.26. The number of aldehydes is 1. The molecule has 1 aromatic carbocycles. The normalized spacial score (nSPS) is 10.6. The molecule has 0 aliphatic carbocycles. The summed E-state index contributed by atoms with van der Waals surface area (Å²) in [4.78, 5) is 13.0. The van der Waals surface area contributed by atoms with Crippen molar-refractivity contribution in [3.8, 4) is 6.07 Å². The molecule has 3 nitrogen and oxygen atoms in total. The quantitative estimate of drug-likeness (QED) is 0.734. The van der Waals surface area contributed by atoms with Gasteiger partial charge in [-0.2, -0.15) is 5.26 Å². The summed E-state index contributed by atoms with van der Waals surface area (Å²) in [6, 6.07) is 7.52. The molecule has 0 aliphatic rings. The molecule has 1 rings (SSSR count). The van der Waals surface area contributed by atoms with Gasteiger partial charge >= 0.3 is 0 Å². The molecule has 0 saturated carbocycles. The van der Waals surface area contributed by atoms with Crippen LogP contribution in [0, 0.1) is 23.2 Å². The van der Waals surface area contributed by atoms with Gasteiger partial charge in [0.05, 0.1) is 11.3 Å². The number of nitrogens with zero attached hydrogens (tertiary/aromatic N) is 2. The average molecular weight is 258 g/mol. The Hall–Kier alpha value is -1.82. The maximum absolute atomic E-state index is 10.8. The van der Waals surface area contributed by atoms with Gasteiger partial charge in [-0.1, -0.05) is 27.7 Å². The SMILES string of the molecule is CC(C)CN(CC(C)C)c1ccc(C=O)cc1C#N. The van der Waals surface area contributed by atoms with Crippen molar-refractivity contribution in [1.82, 2.24) is 0 Å². The maximum Gasteiger partial charge on any atom is 0.150 e. The number of hydrogen-bond donors (Lipinski definition) is 0. The third-order valence-electron chi connectivity index (χ3n) is 2.79. The predicted octanol–water partition coefficient (Wildman–Crippen LogP) is 3.49. The molecule has 0 aliphatic heterocycles. The molecule has 102 valence electrons. The van der Waals surface area contributed by atoms with Gasteiger partial charge in [0, 0.05) is 18.7 Å². The molecule has 0 atom stereocenters. The van der Waals surface area contributed by atoms with Crippen molar-refractivity contribution in [2.75, 3.05) is 18.0 Å². The van der Waals surface area contributed by atoms with Crippen LogP contribution >= 0.6 is 0 Å². The van der Waals surface area contributed by atoms with Crippen LogP contribution in [0.15, 0.2) is 18.2 Å². The second kappa shape index (κ2) is 6.94. The first-order chi connectivity index (χ1) is 8.97. The van der Waals surface area contributed by atoms with E-state index in [9.17, 15) is 10.1 Å². The Morgan fingerprint density at radius 1 is 1.21 bits per heavy atom. The number of carbonyl (C=O) groups excluding carboxylic acids is 1. The van der Waals surface area contributed by atoms with Gasteiger partial charge in [-0.25, -0.2) is 0 Å². The molecule has 0 fully saturated rings. The van der Waals surface area contributed by atoms with E-state index in [0.29, 0.717) is 23.0 Å². The monoisotopic (exact) mass is 258 g/mol. The fraction of sp³-hybridized carbons (Fsp3) is 0.500. The maximum atomic E-state index is 10.8. The first-order valence-electron chi connectivity index (χ1n) is 6.72.